The Balaban J connectivity index is 1.74. The molecule has 5 atom stereocenters. The number of carboxylic acids is 1. The lowest BCUT2D eigenvalue weighted by Crippen LogP contribution is -2.20. The van der Waals surface area contributed by atoms with E-state index in [1.165, 1.54) is 24.8 Å². The molecular weight excluding hydrogens is 348 g/mol. The SMILES string of the molecule is C[C@@H](CCc1ccccc1)CC[C@@H]1[C@@H](C/C=C\CCCC(=O)O)[C@@H](O)C[C@H]1C. The number of hydrogen-bond donors (Lipinski definition) is 2. The van der Waals surface area contributed by atoms with Gasteiger partial charge >= 0.3 is 5.97 Å². The summed E-state index contributed by atoms with van der Waals surface area (Å²) >= 11 is 0. The highest BCUT2D eigenvalue weighted by molar-refractivity contribution is 5.66. The molecule has 1 saturated carbocycles. The number of benzene rings is 1. The fraction of sp³-hybridized carbons (Fsp3) is 0.640. The topological polar surface area (TPSA) is 57.5 Å². The van der Waals surface area contributed by atoms with Gasteiger partial charge in [-0.3, -0.25) is 4.79 Å². The molecule has 2 rings (SSSR count). The van der Waals surface area contributed by atoms with E-state index in [0.717, 1.165) is 25.7 Å². The van der Waals surface area contributed by atoms with Gasteiger partial charge < -0.3 is 10.2 Å². The number of carbonyl (C=O) groups is 1. The lowest BCUT2D eigenvalue weighted by molar-refractivity contribution is -0.137. The van der Waals surface area contributed by atoms with Gasteiger partial charge in [-0.15, -0.1) is 0 Å². The van der Waals surface area contributed by atoms with Crippen molar-refractivity contribution in [2.75, 3.05) is 0 Å². The van der Waals surface area contributed by atoms with Gasteiger partial charge in [0.1, 0.15) is 0 Å². The average molecular weight is 387 g/mol. The predicted molar refractivity (Wildman–Crippen MR) is 115 cm³/mol. The number of allylic oxidation sites excluding steroid dienone is 2. The van der Waals surface area contributed by atoms with Crippen molar-refractivity contribution in [3.63, 3.8) is 0 Å². The van der Waals surface area contributed by atoms with E-state index >= 15 is 0 Å². The molecule has 2 N–H and O–H groups in total. The fourth-order valence-electron chi connectivity index (χ4n) is 4.69. The molecule has 1 aliphatic rings. The monoisotopic (exact) mass is 386 g/mol. The van der Waals surface area contributed by atoms with Crippen LogP contribution in [0.4, 0.5) is 0 Å². The van der Waals surface area contributed by atoms with Gasteiger partial charge in [0.05, 0.1) is 6.10 Å². The van der Waals surface area contributed by atoms with Crippen LogP contribution in [-0.2, 0) is 11.2 Å². The van der Waals surface area contributed by atoms with E-state index in [1.54, 1.807) is 0 Å². The van der Waals surface area contributed by atoms with Crippen molar-refractivity contribution in [1.82, 2.24) is 0 Å². The molecular formula is C25H38O3. The Kier molecular flexibility index (Phi) is 9.77. The van der Waals surface area contributed by atoms with Gasteiger partial charge in [-0.1, -0.05) is 62.8 Å². The predicted octanol–water partition coefficient (Wildman–Crippen LogP) is 5.87. The molecule has 3 heteroatoms. The zero-order valence-electron chi connectivity index (χ0n) is 17.6. The van der Waals surface area contributed by atoms with Crippen molar-refractivity contribution in [3.8, 4) is 0 Å². The smallest absolute Gasteiger partial charge is 0.303 e. The summed E-state index contributed by atoms with van der Waals surface area (Å²) in [6, 6.07) is 10.7. The van der Waals surface area contributed by atoms with Crippen LogP contribution in [0.25, 0.3) is 0 Å². The van der Waals surface area contributed by atoms with Gasteiger partial charge in [-0.2, -0.15) is 0 Å². The number of aliphatic carboxylic acids is 1. The zero-order valence-corrected chi connectivity index (χ0v) is 17.6. The minimum absolute atomic E-state index is 0.191. The molecule has 156 valence electrons. The number of unbranched alkanes of at least 4 members (excludes halogenated alkanes) is 1. The first-order valence-corrected chi connectivity index (χ1v) is 11.1. The van der Waals surface area contributed by atoms with Gasteiger partial charge in [0, 0.05) is 6.42 Å². The second-order valence-corrected chi connectivity index (χ2v) is 8.81. The third-order valence-electron chi connectivity index (χ3n) is 6.49. The van der Waals surface area contributed by atoms with Gasteiger partial charge in [0.15, 0.2) is 0 Å². The number of carboxylic acid groups (broad SMARTS) is 1. The second-order valence-electron chi connectivity index (χ2n) is 8.81. The van der Waals surface area contributed by atoms with Gasteiger partial charge in [0.25, 0.3) is 0 Å². The summed E-state index contributed by atoms with van der Waals surface area (Å²) in [4.78, 5) is 10.6. The highest BCUT2D eigenvalue weighted by atomic mass is 16.4. The molecule has 1 aliphatic carbocycles. The van der Waals surface area contributed by atoms with Crippen molar-refractivity contribution < 1.29 is 15.0 Å². The standard InChI is InChI=1S/C25H38O3/c1-19(14-16-21-10-6-5-7-11-21)15-17-22-20(2)18-24(26)23(22)12-8-3-4-9-13-25(27)28/h3,5-8,10-11,19-20,22-24,26H,4,9,12-18H2,1-2H3,(H,27,28)/b8-3-/t19-,20+,22-,23+,24-/m0/s1. The van der Waals surface area contributed by atoms with Gasteiger partial charge in [0.2, 0.25) is 0 Å². The Bertz CT molecular complexity index is 595. The van der Waals surface area contributed by atoms with Crippen molar-refractivity contribution in [3.05, 3.63) is 48.0 Å². The van der Waals surface area contributed by atoms with Crippen LogP contribution in [0.3, 0.4) is 0 Å². The molecule has 0 saturated heterocycles. The van der Waals surface area contributed by atoms with Crippen molar-refractivity contribution in [2.45, 2.75) is 77.7 Å². The summed E-state index contributed by atoms with van der Waals surface area (Å²) in [5, 5.41) is 19.2. The van der Waals surface area contributed by atoms with E-state index in [1.807, 2.05) is 0 Å². The molecule has 3 nitrogen and oxygen atoms in total. The molecule has 1 fully saturated rings. The third-order valence-corrected chi connectivity index (χ3v) is 6.49. The lowest BCUT2D eigenvalue weighted by Gasteiger charge is -2.24. The lowest BCUT2D eigenvalue weighted by atomic mass is 9.81. The van der Waals surface area contributed by atoms with E-state index in [0.29, 0.717) is 30.1 Å². The van der Waals surface area contributed by atoms with E-state index in [9.17, 15) is 9.90 Å². The van der Waals surface area contributed by atoms with Crippen LogP contribution in [0.5, 0.6) is 0 Å². The second kappa shape index (κ2) is 12.1. The summed E-state index contributed by atoms with van der Waals surface area (Å²) in [6.45, 7) is 4.65. The van der Waals surface area contributed by atoms with E-state index in [2.05, 4.69) is 56.3 Å². The molecule has 1 aromatic rings. The first-order chi connectivity index (χ1) is 13.5. The number of aryl methyl sites for hydroxylation is 1. The first-order valence-electron chi connectivity index (χ1n) is 11.1. The Labute approximate surface area is 170 Å². The van der Waals surface area contributed by atoms with E-state index in [4.69, 9.17) is 5.11 Å². The van der Waals surface area contributed by atoms with Crippen LogP contribution < -0.4 is 0 Å². The summed E-state index contributed by atoms with van der Waals surface area (Å²) in [6.07, 6.45) is 12.4. The molecule has 0 amide bonds. The maximum absolute atomic E-state index is 10.6. The van der Waals surface area contributed by atoms with Crippen molar-refractivity contribution in [1.29, 1.82) is 0 Å². The molecule has 0 unspecified atom stereocenters. The molecule has 28 heavy (non-hydrogen) atoms. The molecule has 0 aliphatic heterocycles. The Morgan fingerprint density at radius 3 is 2.64 bits per heavy atom. The Morgan fingerprint density at radius 2 is 1.93 bits per heavy atom. The quantitative estimate of drug-likeness (QED) is 0.349. The number of hydrogen-bond acceptors (Lipinski definition) is 2. The van der Waals surface area contributed by atoms with Gasteiger partial charge in [-0.25, -0.2) is 0 Å². The van der Waals surface area contributed by atoms with Crippen LogP contribution >= 0.6 is 0 Å². The summed E-state index contributed by atoms with van der Waals surface area (Å²) < 4.78 is 0. The number of rotatable bonds is 12. The minimum atomic E-state index is -0.727. The van der Waals surface area contributed by atoms with Crippen molar-refractivity contribution in [2.24, 2.45) is 23.7 Å². The zero-order chi connectivity index (χ0) is 20.4. The largest absolute Gasteiger partial charge is 0.481 e. The van der Waals surface area contributed by atoms with Crippen LogP contribution in [-0.4, -0.2) is 22.3 Å². The average Bonchev–Trinajstić information content (AvgIpc) is 2.94. The summed E-state index contributed by atoms with van der Waals surface area (Å²) in [7, 11) is 0. The van der Waals surface area contributed by atoms with Crippen LogP contribution in [0.2, 0.25) is 0 Å². The van der Waals surface area contributed by atoms with Crippen molar-refractivity contribution >= 4 is 5.97 Å². The first kappa shape index (κ1) is 22.7. The van der Waals surface area contributed by atoms with Crippen LogP contribution in [0.1, 0.15) is 70.8 Å². The normalized spacial score (nSPS) is 26.0. The maximum atomic E-state index is 10.6. The molecule has 0 spiro atoms. The van der Waals surface area contributed by atoms with Gasteiger partial charge in [-0.05, 0) is 74.2 Å². The molecule has 0 aromatic heterocycles. The number of aliphatic hydroxyl groups excluding tert-OH is 1. The highest BCUT2D eigenvalue weighted by Crippen LogP contribution is 2.42. The van der Waals surface area contributed by atoms with Crippen LogP contribution in [0, 0.1) is 23.7 Å². The molecule has 0 heterocycles. The Morgan fingerprint density at radius 1 is 1.18 bits per heavy atom. The number of aliphatic hydroxyl groups is 1. The highest BCUT2D eigenvalue weighted by Gasteiger charge is 2.38. The van der Waals surface area contributed by atoms with E-state index in [-0.39, 0.29) is 12.5 Å². The summed E-state index contributed by atoms with van der Waals surface area (Å²) in [5.74, 6) is 1.51. The minimum Gasteiger partial charge on any atom is -0.481 e. The summed E-state index contributed by atoms with van der Waals surface area (Å²) in [5.41, 5.74) is 1.42. The fourth-order valence-corrected chi connectivity index (χ4v) is 4.69. The molecule has 1 aromatic carbocycles. The molecule has 0 bridgehead atoms. The third kappa shape index (κ3) is 7.79. The maximum Gasteiger partial charge on any atom is 0.303 e. The Hall–Kier alpha value is -1.61. The molecule has 0 radical (unpaired) electrons. The van der Waals surface area contributed by atoms with Crippen LogP contribution in [0.15, 0.2) is 42.5 Å². The van der Waals surface area contributed by atoms with E-state index < -0.39 is 5.97 Å².